The van der Waals surface area contributed by atoms with Crippen LogP contribution in [0.25, 0.3) is 11.4 Å². The molecule has 2 aliphatic rings. The summed E-state index contributed by atoms with van der Waals surface area (Å²) in [4.78, 5) is 9.16. The van der Waals surface area contributed by atoms with Crippen LogP contribution in [0.3, 0.4) is 0 Å². The van der Waals surface area contributed by atoms with Gasteiger partial charge in [-0.1, -0.05) is 0 Å². The molecule has 1 atom stereocenters. The summed E-state index contributed by atoms with van der Waals surface area (Å²) < 4.78 is 39.0. The third-order valence-corrected chi connectivity index (χ3v) is 5.73. The van der Waals surface area contributed by atoms with Gasteiger partial charge in [-0.15, -0.1) is 10.2 Å². The van der Waals surface area contributed by atoms with E-state index >= 15 is 0 Å². The molecule has 6 nitrogen and oxygen atoms in total. The number of likely N-dealkylation sites (N-methyl/N-ethyl adjacent to an activating group) is 1. The van der Waals surface area contributed by atoms with Gasteiger partial charge < -0.3 is 14.9 Å². The molecule has 1 aromatic heterocycles. The molecule has 0 aliphatic carbocycles. The standard InChI is InChI=1S/C20H24F3N5O/c1-12-9-13(20(21,22)23)10-16(29)17(12)18-24-15-6-4-8-28(19(15)26-25-18)14-5-3-7-27(2)11-14/h9-10,14,29H,3-8,11H2,1-2H3/t14-/m1/s1. The van der Waals surface area contributed by atoms with E-state index in [0.29, 0.717) is 6.04 Å². The zero-order chi connectivity index (χ0) is 20.8. The van der Waals surface area contributed by atoms with E-state index in [9.17, 15) is 18.3 Å². The molecule has 1 fully saturated rings. The summed E-state index contributed by atoms with van der Waals surface area (Å²) in [5, 5.41) is 18.8. The van der Waals surface area contributed by atoms with Gasteiger partial charge in [0, 0.05) is 19.1 Å². The van der Waals surface area contributed by atoms with Crippen LogP contribution in [-0.2, 0) is 12.6 Å². The first-order valence-electron chi connectivity index (χ1n) is 9.84. The van der Waals surface area contributed by atoms with Gasteiger partial charge in [0.15, 0.2) is 11.6 Å². The second-order valence-electron chi connectivity index (χ2n) is 7.95. The summed E-state index contributed by atoms with van der Waals surface area (Å²) >= 11 is 0. The van der Waals surface area contributed by atoms with E-state index in [1.54, 1.807) is 0 Å². The first-order valence-corrected chi connectivity index (χ1v) is 9.84. The molecule has 29 heavy (non-hydrogen) atoms. The normalized spacial score (nSPS) is 20.6. The number of aromatic hydroxyl groups is 1. The van der Waals surface area contributed by atoms with Gasteiger partial charge in [-0.25, -0.2) is 4.98 Å². The Morgan fingerprint density at radius 2 is 1.93 bits per heavy atom. The highest BCUT2D eigenvalue weighted by atomic mass is 19.4. The second kappa shape index (κ2) is 7.44. The molecular formula is C20H24F3N5O. The van der Waals surface area contributed by atoms with Gasteiger partial charge >= 0.3 is 6.18 Å². The fourth-order valence-electron chi connectivity index (χ4n) is 4.34. The number of anilines is 1. The Morgan fingerprint density at radius 1 is 1.14 bits per heavy atom. The van der Waals surface area contributed by atoms with E-state index in [4.69, 9.17) is 0 Å². The predicted octanol–water partition coefficient (Wildman–Crippen LogP) is 3.42. The van der Waals surface area contributed by atoms with Crippen LogP contribution < -0.4 is 4.90 Å². The van der Waals surface area contributed by atoms with Crippen molar-refractivity contribution in [3.05, 3.63) is 29.0 Å². The first-order chi connectivity index (χ1) is 13.7. The van der Waals surface area contributed by atoms with Crippen LogP contribution in [-0.4, -0.2) is 57.9 Å². The van der Waals surface area contributed by atoms with E-state index in [1.807, 2.05) is 0 Å². The number of aromatic nitrogens is 3. The summed E-state index contributed by atoms with van der Waals surface area (Å²) in [7, 11) is 2.11. The van der Waals surface area contributed by atoms with E-state index in [0.717, 1.165) is 69.0 Å². The Morgan fingerprint density at radius 3 is 2.62 bits per heavy atom. The molecule has 1 N–H and O–H groups in total. The van der Waals surface area contributed by atoms with E-state index in [1.165, 1.54) is 6.92 Å². The summed E-state index contributed by atoms with van der Waals surface area (Å²) in [6.07, 6.45) is -0.638. The lowest BCUT2D eigenvalue weighted by Gasteiger charge is -2.40. The molecule has 0 saturated carbocycles. The van der Waals surface area contributed by atoms with Crippen molar-refractivity contribution < 1.29 is 18.3 Å². The fourth-order valence-corrected chi connectivity index (χ4v) is 4.34. The summed E-state index contributed by atoms with van der Waals surface area (Å²) in [6.45, 7) is 4.46. The number of fused-ring (bicyclic) bond motifs is 1. The number of rotatable bonds is 2. The SMILES string of the molecule is Cc1cc(C(F)(F)F)cc(O)c1-c1nnc2c(n1)CCCN2[C@@H]1CCCN(C)C1. The lowest BCUT2D eigenvalue weighted by Crippen LogP contribution is -2.49. The van der Waals surface area contributed by atoms with Crippen LogP contribution in [0.15, 0.2) is 12.1 Å². The highest BCUT2D eigenvalue weighted by molar-refractivity contribution is 5.69. The van der Waals surface area contributed by atoms with Gasteiger partial charge in [0.1, 0.15) is 5.75 Å². The number of likely N-dealkylation sites (tertiary alicyclic amines) is 1. The number of phenolic OH excluding ortho intramolecular Hbond substituents is 1. The van der Waals surface area contributed by atoms with Gasteiger partial charge in [0.25, 0.3) is 0 Å². The fraction of sp³-hybridized carbons (Fsp3) is 0.550. The van der Waals surface area contributed by atoms with Gasteiger partial charge in [-0.05, 0) is 63.9 Å². The number of phenols is 1. The van der Waals surface area contributed by atoms with Crippen LogP contribution in [0.4, 0.5) is 19.0 Å². The van der Waals surface area contributed by atoms with Gasteiger partial charge in [-0.3, -0.25) is 0 Å². The molecule has 4 rings (SSSR count). The molecular weight excluding hydrogens is 383 g/mol. The molecule has 2 aromatic rings. The van der Waals surface area contributed by atoms with Crippen LogP contribution in [0.2, 0.25) is 0 Å². The zero-order valence-electron chi connectivity index (χ0n) is 16.5. The van der Waals surface area contributed by atoms with Crippen LogP contribution >= 0.6 is 0 Å². The second-order valence-corrected chi connectivity index (χ2v) is 7.95. The largest absolute Gasteiger partial charge is 0.507 e. The highest BCUT2D eigenvalue weighted by Gasteiger charge is 2.33. The van der Waals surface area contributed by atoms with Crippen molar-refractivity contribution in [3.8, 4) is 17.1 Å². The lowest BCUT2D eigenvalue weighted by atomic mass is 10.0. The molecule has 0 amide bonds. The van der Waals surface area contributed by atoms with Crippen molar-refractivity contribution >= 4 is 5.82 Å². The quantitative estimate of drug-likeness (QED) is 0.823. The molecule has 1 aromatic carbocycles. The number of alkyl halides is 3. The van der Waals surface area contributed by atoms with Crippen LogP contribution in [0.1, 0.15) is 36.1 Å². The first kappa shape index (κ1) is 19.9. The average Bonchev–Trinajstić information content (AvgIpc) is 2.66. The molecule has 1 saturated heterocycles. The number of benzene rings is 1. The Balaban J connectivity index is 1.68. The average molecular weight is 407 g/mol. The number of piperidine rings is 1. The monoisotopic (exact) mass is 407 g/mol. The summed E-state index contributed by atoms with van der Waals surface area (Å²) in [5.41, 5.74) is 0.353. The minimum atomic E-state index is -4.52. The van der Waals surface area contributed by atoms with Gasteiger partial charge in [0.2, 0.25) is 0 Å². The zero-order valence-corrected chi connectivity index (χ0v) is 16.5. The molecule has 0 unspecified atom stereocenters. The number of hydrogen-bond acceptors (Lipinski definition) is 6. The Bertz CT molecular complexity index is 894. The van der Waals surface area contributed by atoms with Gasteiger partial charge in [-0.2, -0.15) is 13.2 Å². The third kappa shape index (κ3) is 3.88. The van der Waals surface area contributed by atoms with Crippen LogP contribution in [0.5, 0.6) is 5.75 Å². The molecule has 156 valence electrons. The Kier molecular flexibility index (Phi) is 5.10. The van der Waals surface area contributed by atoms with Crippen molar-refractivity contribution in [1.82, 2.24) is 20.1 Å². The Hall–Kier alpha value is -2.42. The molecule has 0 radical (unpaired) electrons. The number of halogens is 3. The van der Waals surface area contributed by atoms with Crippen molar-refractivity contribution in [2.24, 2.45) is 0 Å². The lowest BCUT2D eigenvalue weighted by molar-refractivity contribution is -0.137. The van der Waals surface area contributed by atoms with Crippen molar-refractivity contribution in [3.63, 3.8) is 0 Å². The Labute approximate surface area is 167 Å². The summed E-state index contributed by atoms with van der Waals surface area (Å²) in [6, 6.07) is 2.08. The van der Waals surface area contributed by atoms with Crippen molar-refractivity contribution in [2.45, 2.75) is 44.8 Å². The van der Waals surface area contributed by atoms with Crippen molar-refractivity contribution in [2.75, 3.05) is 31.6 Å². The molecule has 3 heterocycles. The number of nitrogens with zero attached hydrogens (tertiary/aromatic N) is 5. The molecule has 9 heteroatoms. The predicted molar refractivity (Wildman–Crippen MR) is 103 cm³/mol. The smallest absolute Gasteiger partial charge is 0.416 e. The third-order valence-electron chi connectivity index (χ3n) is 5.73. The molecule has 0 bridgehead atoms. The maximum Gasteiger partial charge on any atom is 0.416 e. The van der Waals surface area contributed by atoms with E-state index < -0.39 is 17.5 Å². The molecule has 2 aliphatic heterocycles. The minimum Gasteiger partial charge on any atom is -0.507 e. The van der Waals surface area contributed by atoms with Crippen molar-refractivity contribution in [1.29, 1.82) is 0 Å². The number of aryl methyl sites for hydroxylation is 2. The van der Waals surface area contributed by atoms with Gasteiger partial charge in [0.05, 0.1) is 16.8 Å². The molecule has 0 spiro atoms. The number of hydrogen-bond donors (Lipinski definition) is 1. The highest BCUT2D eigenvalue weighted by Crippen LogP contribution is 2.38. The summed E-state index contributed by atoms with van der Waals surface area (Å²) in [5.74, 6) is 0.431. The minimum absolute atomic E-state index is 0.162. The van der Waals surface area contributed by atoms with Crippen LogP contribution in [0, 0.1) is 6.92 Å². The maximum absolute atomic E-state index is 13.0. The maximum atomic E-state index is 13.0. The van der Waals surface area contributed by atoms with E-state index in [-0.39, 0.29) is 17.0 Å². The topological polar surface area (TPSA) is 65.4 Å². The van der Waals surface area contributed by atoms with E-state index in [2.05, 4.69) is 32.0 Å².